The highest BCUT2D eigenvalue weighted by molar-refractivity contribution is 5.79. The third-order valence-electron chi connectivity index (χ3n) is 4.77. The maximum Gasteiger partial charge on any atom is 0.416 e. The van der Waals surface area contributed by atoms with Crippen molar-refractivity contribution >= 4 is 5.91 Å². The van der Waals surface area contributed by atoms with Crippen molar-refractivity contribution < 1.29 is 22.7 Å². The van der Waals surface area contributed by atoms with Crippen molar-refractivity contribution in [2.75, 3.05) is 39.3 Å². The molecule has 7 heteroatoms. The SMILES string of the molecule is CCN(CC)C(=O)C1CCCN(CCOc2cccc(C(F)(F)F)c2)C1. The number of piperidine rings is 1. The Morgan fingerprint density at radius 3 is 2.69 bits per heavy atom. The van der Waals surface area contributed by atoms with E-state index in [0.717, 1.165) is 31.5 Å². The Morgan fingerprint density at radius 1 is 1.31 bits per heavy atom. The highest BCUT2D eigenvalue weighted by Gasteiger charge is 2.31. The number of amides is 1. The monoisotopic (exact) mass is 372 g/mol. The predicted octanol–water partition coefficient (Wildman–Crippen LogP) is 3.66. The van der Waals surface area contributed by atoms with Crippen LogP contribution in [0.2, 0.25) is 0 Å². The number of benzene rings is 1. The average Bonchev–Trinajstić information content (AvgIpc) is 2.62. The van der Waals surface area contributed by atoms with Crippen LogP contribution in [0.3, 0.4) is 0 Å². The van der Waals surface area contributed by atoms with Gasteiger partial charge in [0.1, 0.15) is 12.4 Å². The molecule has 1 aromatic carbocycles. The van der Waals surface area contributed by atoms with E-state index >= 15 is 0 Å². The molecule has 0 radical (unpaired) electrons. The number of alkyl halides is 3. The summed E-state index contributed by atoms with van der Waals surface area (Å²) in [5.74, 6) is 0.406. The molecule has 1 atom stereocenters. The van der Waals surface area contributed by atoms with E-state index in [0.29, 0.717) is 32.8 Å². The van der Waals surface area contributed by atoms with Gasteiger partial charge in [-0.2, -0.15) is 13.2 Å². The van der Waals surface area contributed by atoms with Crippen LogP contribution < -0.4 is 4.74 Å². The molecule has 0 aliphatic carbocycles. The summed E-state index contributed by atoms with van der Waals surface area (Å²) in [6.45, 7) is 7.84. The fraction of sp³-hybridized carbons (Fsp3) is 0.632. The molecule has 1 heterocycles. The number of halogens is 3. The number of likely N-dealkylation sites (tertiary alicyclic amines) is 1. The third kappa shape index (κ3) is 5.62. The van der Waals surface area contributed by atoms with Crippen LogP contribution in [0.5, 0.6) is 5.75 Å². The minimum Gasteiger partial charge on any atom is -0.492 e. The molecule has 1 aliphatic rings. The van der Waals surface area contributed by atoms with Crippen LogP contribution in [0.4, 0.5) is 13.2 Å². The molecule has 146 valence electrons. The molecular formula is C19H27F3N2O2. The summed E-state index contributed by atoms with van der Waals surface area (Å²) in [5.41, 5.74) is -0.710. The van der Waals surface area contributed by atoms with Gasteiger partial charge in [-0.1, -0.05) is 6.07 Å². The first-order valence-corrected chi connectivity index (χ1v) is 9.16. The fourth-order valence-electron chi connectivity index (χ4n) is 3.31. The lowest BCUT2D eigenvalue weighted by molar-refractivity contribution is -0.138. The van der Waals surface area contributed by atoms with E-state index in [9.17, 15) is 18.0 Å². The van der Waals surface area contributed by atoms with Gasteiger partial charge >= 0.3 is 6.18 Å². The van der Waals surface area contributed by atoms with E-state index < -0.39 is 11.7 Å². The maximum absolute atomic E-state index is 12.7. The zero-order chi connectivity index (χ0) is 19.2. The van der Waals surface area contributed by atoms with E-state index in [1.165, 1.54) is 12.1 Å². The van der Waals surface area contributed by atoms with E-state index in [4.69, 9.17) is 4.74 Å². The van der Waals surface area contributed by atoms with E-state index in [1.54, 1.807) is 0 Å². The van der Waals surface area contributed by atoms with Gasteiger partial charge in [-0.25, -0.2) is 0 Å². The normalized spacial score (nSPS) is 18.6. The highest BCUT2D eigenvalue weighted by Crippen LogP contribution is 2.31. The molecule has 0 bridgehead atoms. The molecule has 1 saturated heterocycles. The molecule has 1 unspecified atom stereocenters. The second kappa shape index (κ2) is 9.26. The molecular weight excluding hydrogens is 345 g/mol. The summed E-state index contributed by atoms with van der Waals surface area (Å²) in [6.07, 6.45) is -2.54. The Kier molecular flexibility index (Phi) is 7.32. The number of carbonyl (C=O) groups excluding carboxylic acids is 1. The zero-order valence-corrected chi connectivity index (χ0v) is 15.4. The van der Waals surface area contributed by atoms with Gasteiger partial charge in [-0.15, -0.1) is 0 Å². The summed E-state index contributed by atoms with van der Waals surface area (Å²) < 4.78 is 43.7. The van der Waals surface area contributed by atoms with Crippen LogP contribution in [-0.2, 0) is 11.0 Å². The summed E-state index contributed by atoms with van der Waals surface area (Å²) in [5, 5.41) is 0. The van der Waals surface area contributed by atoms with Gasteiger partial charge in [-0.3, -0.25) is 9.69 Å². The first-order valence-electron chi connectivity index (χ1n) is 9.16. The smallest absolute Gasteiger partial charge is 0.416 e. The van der Waals surface area contributed by atoms with Crippen LogP contribution in [0, 0.1) is 5.92 Å². The summed E-state index contributed by atoms with van der Waals surface area (Å²) >= 11 is 0. The van der Waals surface area contributed by atoms with E-state index in [1.807, 2.05) is 18.7 Å². The molecule has 0 N–H and O–H groups in total. The third-order valence-corrected chi connectivity index (χ3v) is 4.77. The molecule has 1 aromatic rings. The first kappa shape index (κ1) is 20.6. The van der Waals surface area contributed by atoms with Crippen molar-refractivity contribution in [3.05, 3.63) is 29.8 Å². The standard InChI is InChI=1S/C19H27F3N2O2/c1-3-24(4-2)18(25)15-7-6-10-23(14-15)11-12-26-17-9-5-8-16(13-17)19(20,21)22/h5,8-9,13,15H,3-4,6-7,10-12,14H2,1-2H3. The number of hydrogen-bond donors (Lipinski definition) is 0. The highest BCUT2D eigenvalue weighted by atomic mass is 19.4. The Hall–Kier alpha value is -1.76. The fourth-order valence-corrected chi connectivity index (χ4v) is 3.31. The van der Waals surface area contributed by atoms with Crippen molar-refractivity contribution in [2.45, 2.75) is 32.9 Å². The molecule has 1 amide bonds. The minimum atomic E-state index is -4.37. The zero-order valence-electron chi connectivity index (χ0n) is 15.4. The lowest BCUT2D eigenvalue weighted by Crippen LogP contribution is -2.45. The Bertz CT molecular complexity index is 588. The largest absolute Gasteiger partial charge is 0.492 e. The Labute approximate surface area is 152 Å². The second-order valence-electron chi connectivity index (χ2n) is 6.52. The maximum atomic E-state index is 12.7. The molecule has 1 aliphatic heterocycles. The quantitative estimate of drug-likeness (QED) is 0.732. The summed E-state index contributed by atoms with van der Waals surface area (Å²) in [4.78, 5) is 16.5. The number of rotatable bonds is 7. The summed E-state index contributed by atoms with van der Waals surface area (Å²) in [6, 6.07) is 4.92. The van der Waals surface area contributed by atoms with E-state index in [-0.39, 0.29) is 17.6 Å². The topological polar surface area (TPSA) is 32.8 Å². The molecule has 1 fully saturated rings. The number of hydrogen-bond acceptors (Lipinski definition) is 3. The van der Waals surface area contributed by atoms with Gasteiger partial charge in [0, 0.05) is 26.2 Å². The van der Waals surface area contributed by atoms with Gasteiger partial charge in [-0.05, 0) is 51.4 Å². The molecule has 26 heavy (non-hydrogen) atoms. The molecule has 0 saturated carbocycles. The molecule has 0 aromatic heterocycles. The Morgan fingerprint density at radius 2 is 2.04 bits per heavy atom. The predicted molar refractivity (Wildman–Crippen MR) is 94.0 cm³/mol. The number of ether oxygens (including phenoxy) is 1. The molecule has 2 rings (SSSR count). The number of carbonyl (C=O) groups is 1. The van der Waals surface area contributed by atoms with Crippen molar-refractivity contribution in [1.82, 2.24) is 9.80 Å². The molecule has 0 spiro atoms. The van der Waals surface area contributed by atoms with Gasteiger partial charge in [0.15, 0.2) is 0 Å². The first-order chi connectivity index (χ1) is 12.3. The van der Waals surface area contributed by atoms with Crippen LogP contribution in [0.25, 0.3) is 0 Å². The number of nitrogens with zero attached hydrogens (tertiary/aromatic N) is 2. The lowest BCUT2D eigenvalue weighted by atomic mass is 9.96. The second-order valence-corrected chi connectivity index (χ2v) is 6.52. The van der Waals surface area contributed by atoms with Crippen molar-refractivity contribution in [3.8, 4) is 5.75 Å². The molecule has 4 nitrogen and oxygen atoms in total. The van der Waals surface area contributed by atoms with Crippen LogP contribution in [0.15, 0.2) is 24.3 Å². The van der Waals surface area contributed by atoms with Crippen molar-refractivity contribution in [2.24, 2.45) is 5.92 Å². The van der Waals surface area contributed by atoms with Crippen molar-refractivity contribution in [3.63, 3.8) is 0 Å². The van der Waals surface area contributed by atoms with Crippen LogP contribution in [-0.4, -0.2) is 55.0 Å². The van der Waals surface area contributed by atoms with Crippen molar-refractivity contribution in [1.29, 1.82) is 0 Å². The van der Waals surface area contributed by atoms with Crippen LogP contribution >= 0.6 is 0 Å². The average molecular weight is 372 g/mol. The van der Waals surface area contributed by atoms with Crippen LogP contribution in [0.1, 0.15) is 32.3 Å². The van der Waals surface area contributed by atoms with Gasteiger partial charge < -0.3 is 9.64 Å². The minimum absolute atomic E-state index is 0.00259. The van der Waals surface area contributed by atoms with Gasteiger partial charge in [0.2, 0.25) is 5.91 Å². The van der Waals surface area contributed by atoms with E-state index in [2.05, 4.69) is 4.90 Å². The lowest BCUT2D eigenvalue weighted by Gasteiger charge is -2.34. The summed E-state index contributed by atoms with van der Waals surface area (Å²) in [7, 11) is 0. The van der Waals surface area contributed by atoms with Gasteiger partial charge in [0.25, 0.3) is 0 Å². The Balaban J connectivity index is 1.83. The van der Waals surface area contributed by atoms with Gasteiger partial charge in [0.05, 0.1) is 11.5 Å².